The first-order valence-corrected chi connectivity index (χ1v) is 5.63. The Hall–Kier alpha value is -1.02. The number of aliphatic hydroxyl groups is 2. The molecule has 0 amide bonds. The highest BCUT2D eigenvalue weighted by Crippen LogP contribution is 1.97. The molecule has 1 rings (SSSR count). The molecule has 0 aliphatic rings. The van der Waals surface area contributed by atoms with Crippen LogP contribution in [0.25, 0.3) is 0 Å². The number of hydrogen-bond acceptors (Lipinski definition) is 6. The molecular weight excluding hydrogens is 224 g/mol. The molecule has 7 nitrogen and oxygen atoms in total. The third-order valence-electron chi connectivity index (χ3n) is 2.33. The maximum Gasteiger partial charge on any atom is 0.0964 e. The molecule has 1 heterocycles. The molecule has 17 heavy (non-hydrogen) atoms. The summed E-state index contributed by atoms with van der Waals surface area (Å²) < 4.78 is 6.63. The van der Waals surface area contributed by atoms with E-state index >= 15 is 0 Å². The van der Waals surface area contributed by atoms with Gasteiger partial charge in [-0.3, -0.25) is 0 Å². The molecule has 0 saturated carbocycles. The molecule has 0 saturated heterocycles. The third-order valence-corrected chi connectivity index (χ3v) is 2.33. The number of methoxy groups -OCH3 is 1. The van der Waals surface area contributed by atoms with E-state index in [2.05, 4.69) is 15.6 Å². The summed E-state index contributed by atoms with van der Waals surface area (Å²) in [5.74, 6) is 0. The van der Waals surface area contributed by atoms with Crippen LogP contribution in [-0.2, 0) is 17.8 Å². The molecule has 1 atom stereocenters. The Morgan fingerprint density at radius 1 is 1.47 bits per heavy atom. The highest BCUT2D eigenvalue weighted by Gasteiger charge is 2.08. The number of aliphatic hydroxyl groups excluding tert-OH is 2. The fraction of sp³-hybridized carbons (Fsp3) is 0.800. The van der Waals surface area contributed by atoms with Crippen LogP contribution in [0.4, 0.5) is 0 Å². The van der Waals surface area contributed by atoms with Crippen LogP contribution in [0.15, 0.2) is 6.20 Å². The summed E-state index contributed by atoms with van der Waals surface area (Å²) in [7, 11) is 1.63. The number of ether oxygens (including phenoxy) is 1. The Labute approximate surface area is 100 Å². The maximum atomic E-state index is 8.88. The van der Waals surface area contributed by atoms with Crippen LogP contribution in [0.3, 0.4) is 0 Å². The topological polar surface area (TPSA) is 92.4 Å². The van der Waals surface area contributed by atoms with Crippen molar-refractivity contribution in [1.29, 1.82) is 0 Å². The average Bonchev–Trinajstić information content (AvgIpc) is 2.75. The smallest absolute Gasteiger partial charge is 0.0964 e. The van der Waals surface area contributed by atoms with Gasteiger partial charge in [0, 0.05) is 32.5 Å². The lowest BCUT2D eigenvalue weighted by Gasteiger charge is -2.15. The van der Waals surface area contributed by atoms with Gasteiger partial charge in [-0.1, -0.05) is 5.21 Å². The largest absolute Gasteiger partial charge is 0.396 e. The van der Waals surface area contributed by atoms with E-state index in [1.807, 2.05) is 0 Å². The Balaban J connectivity index is 2.35. The van der Waals surface area contributed by atoms with Crippen molar-refractivity contribution in [3.05, 3.63) is 11.9 Å². The molecule has 7 heteroatoms. The molecule has 1 aromatic rings. The summed E-state index contributed by atoms with van der Waals surface area (Å²) >= 11 is 0. The van der Waals surface area contributed by atoms with Crippen molar-refractivity contribution >= 4 is 0 Å². The number of nitrogens with one attached hydrogen (secondary N) is 1. The monoisotopic (exact) mass is 244 g/mol. The summed E-state index contributed by atoms with van der Waals surface area (Å²) in [6.07, 6.45) is 2.42. The van der Waals surface area contributed by atoms with Crippen molar-refractivity contribution in [2.75, 3.05) is 26.9 Å². The highest BCUT2D eigenvalue weighted by atomic mass is 16.5. The quantitative estimate of drug-likeness (QED) is 0.503. The maximum absolute atomic E-state index is 8.88. The fourth-order valence-corrected chi connectivity index (χ4v) is 1.48. The van der Waals surface area contributed by atoms with Crippen LogP contribution in [0, 0.1) is 0 Å². The SMILES string of the molecule is COCC(CCO)NCc1cn(CCO)nn1. The molecule has 0 bridgehead atoms. The standard InChI is InChI=1S/C10H20N4O3/c1-17-8-9(2-4-15)11-6-10-7-14(3-5-16)13-12-10/h7,9,11,15-16H,2-6,8H2,1H3. The second-order valence-corrected chi connectivity index (χ2v) is 3.74. The van der Waals surface area contributed by atoms with Crippen molar-refractivity contribution in [1.82, 2.24) is 20.3 Å². The molecule has 1 unspecified atom stereocenters. The summed E-state index contributed by atoms with van der Waals surface area (Å²) in [4.78, 5) is 0. The Kier molecular flexibility index (Phi) is 6.71. The lowest BCUT2D eigenvalue weighted by molar-refractivity contribution is 0.148. The van der Waals surface area contributed by atoms with E-state index in [1.165, 1.54) is 0 Å². The molecule has 3 N–H and O–H groups in total. The Bertz CT molecular complexity index is 299. The van der Waals surface area contributed by atoms with Gasteiger partial charge in [0.25, 0.3) is 0 Å². The molecule has 0 radical (unpaired) electrons. The zero-order chi connectivity index (χ0) is 12.5. The van der Waals surface area contributed by atoms with Crippen molar-refractivity contribution in [3.8, 4) is 0 Å². The third kappa shape index (κ3) is 5.22. The van der Waals surface area contributed by atoms with Gasteiger partial charge < -0.3 is 20.3 Å². The van der Waals surface area contributed by atoms with Gasteiger partial charge in [-0.25, -0.2) is 4.68 Å². The van der Waals surface area contributed by atoms with E-state index in [0.717, 1.165) is 5.69 Å². The highest BCUT2D eigenvalue weighted by molar-refractivity contribution is 4.92. The van der Waals surface area contributed by atoms with E-state index in [-0.39, 0.29) is 19.3 Å². The predicted molar refractivity (Wildman–Crippen MR) is 61.3 cm³/mol. The number of hydrogen-bond donors (Lipinski definition) is 3. The average molecular weight is 244 g/mol. The molecule has 1 aromatic heterocycles. The van der Waals surface area contributed by atoms with E-state index < -0.39 is 0 Å². The van der Waals surface area contributed by atoms with E-state index in [9.17, 15) is 0 Å². The molecule has 98 valence electrons. The Morgan fingerprint density at radius 2 is 2.29 bits per heavy atom. The van der Waals surface area contributed by atoms with E-state index in [0.29, 0.717) is 26.1 Å². The molecule has 0 aliphatic carbocycles. The summed E-state index contributed by atoms with van der Waals surface area (Å²) in [6, 6.07) is 0.105. The van der Waals surface area contributed by atoms with Crippen LogP contribution in [0.1, 0.15) is 12.1 Å². The molecule has 0 spiro atoms. The van der Waals surface area contributed by atoms with E-state index in [1.54, 1.807) is 18.0 Å². The lowest BCUT2D eigenvalue weighted by Crippen LogP contribution is -2.33. The van der Waals surface area contributed by atoms with Crippen LogP contribution in [0.2, 0.25) is 0 Å². The number of nitrogens with zero attached hydrogens (tertiary/aromatic N) is 3. The Morgan fingerprint density at radius 3 is 2.94 bits per heavy atom. The van der Waals surface area contributed by atoms with Gasteiger partial charge in [0.1, 0.15) is 0 Å². The van der Waals surface area contributed by atoms with Crippen LogP contribution >= 0.6 is 0 Å². The van der Waals surface area contributed by atoms with Crippen LogP contribution in [0.5, 0.6) is 0 Å². The van der Waals surface area contributed by atoms with Gasteiger partial charge in [0.05, 0.1) is 25.5 Å². The zero-order valence-electron chi connectivity index (χ0n) is 10.0. The normalized spacial score (nSPS) is 12.9. The molecular formula is C10H20N4O3. The van der Waals surface area contributed by atoms with Crippen LogP contribution in [-0.4, -0.2) is 58.2 Å². The minimum atomic E-state index is 0.0487. The zero-order valence-corrected chi connectivity index (χ0v) is 10.0. The van der Waals surface area contributed by atoms with Gasteiger partial charge in [0.15, 0.2) is 0 Å². The first kappa shape index (κ1) is 14.0. The van der Waals surface area contributed by atoms with Gasteiger partial charge in [0.2, 0.25) is 0 Å². The van der Waals surface area contributed by atoms with Gasteiger partial charge >= 0.3 is 0 Å². The number of rotatable bonds is 9. The summed E-state index contributed by atoms with van der Waals surface area (Å²) in [6.45, 7) is 1.74. The van der Waals surface area contributed by atoms with Gasteiger partial charge in [-0.2, -0.15) is 0 Å². The number of aromatic nitrogens is 3. The second kappa shape index (κ2) is 8.13. The summed E-state index contributed by atoms with van der Waals surface area (Å²) in [5, 5.41) is 28.7. The van der Waals surface area contributed by atoms with Crippen LogP contribution < -0.4 is 5.32 Å². The predicted octanol–water partition coefficient (Wildman–Crippen LogP) is -1.24. The van der Waals surface area contributed by atoms with Crippen molar-refractivity contribution in [2.24, 2.45) is 0 Å². The summed E-state index contributed by atoms with van der Waals surface area (Å²) in [5.41, 5.74) is 0.803. The fourth-order valence-electron chi connectivity index (χ4n) is 1.48. The van der Waals surface area contributed by atoms with E-state index in [4.69, 9.17) is 14.9 Å². The lowest BCUT2D eigenvalue weighted by atomic mass is 10.2. The molecule has 0 fully saturated rings. The van der Waals surface area contributed by atoms with Crippen molar-refractivity contribution in [2.45, 2.75) is 25.6 Å². The second-order valence-electron chi connectivity index (χ2n) is 3.74. The minimum absolute atomic E-state index is 0.0487. The van der Waals surface area contributed by atoms with Crippen molar-refractivity contribution in [3.63, 3.8) is 0 Å². The molecule has 0 aromatic carbocycles. The molecule has 0 aliphatic heterocycles. The first-order chi connectivity index (χ1) is 8.30. The van der Waals surface area contributed by atoms with Crippen molar-refractivity contribution < 1.29 is 14.9 Å². The van der Waals surface area contributed by atoms with Gasteiger partial charge in [-0.15, -0.1) is 5.10 Å². The first-order valence-electron chi connectivity index (χ1n) is 5.63. The van der Waals surface area contributed by atoms with Gasteiger partial charge in [-0.05, 0) is 6.42 Å². The minimum Gasteiger partial charge on any atom is -0.396 e.